The van der Waals surface area contributed by atoms with E-state index < -0.39 is 11.2 Å². The fourth-order valence-electron chi connectivity index (χ4n) is 4.75. The Bertz CT molecular complexity index is 839. The standard InChI is InChI=1S/C22H28N2O3/c1-21(2,3)27-20(25)24-16-8-6-9-17(24)12-22(26,11-16)19-14-23-13-15-7-4-5-10-18(15)19/h4-5,7,10,13-14,16-17,26H,6,8-9,11-12H2,1-3H3. The van der Waals surface area contributed by atoms with Gasteiger partial charge in [-0.2, -0.15) is 0 Å². The van der Waals surface area contributed by atoms with Crippen molar-refractivity contribution in [1.29, 1.82) is 0 Å². The molecular weight excluding hydrogens is 340 g/mol. The van der Waals surface area contributed by atoms with Gasteiger partial charge in [0.1, 0.15) is 5.60 Å². The van der Waals surface area contributed by atoms with Crippen LogP contribution in [0.15, 0.2) is 36.7 Å². The first kappa shape index (κ1) is 18.2. The summed E-state index contributed by atoms with van der Waals surface area (Å²) < 4.78 is 5.65. The number of carbonyl (C=O) groups is 1. The zero-order valence-corrected chi connectivity index (χ0v) is 16.3. The molecule has 2 bridgehead atoms. The lowest BCUT2D eigenvalue weighted by Gasteiger charge is -2.52. The molecule has 1 aromatic carbocycles. The Morgan fingerprint density at radius 1 is 1.19 bits per heavy atom. The van der Waals surface area contributed by atoms with Gasteiger partial charge in [0.25, 0.3) is 0 Å². The number of aromatic nitrogens is 1. The summed E-state index contributed by atoms with van der Waals surface area (Å²) in [6.07, 6.45) is 7.30. The number of ether oxygens (including phenoxy) is 1. The van der Waals surface area contributed by atoms with Crippen LogP contribution in [0.5, 0.6) is 0 Å². The maximum absolute atomic E-state index is 12.8. The van der Waals surface area contributed by atoms with E-state index in [9.17, 15) is 9.90 Å². The highest BCUT2D eigenvalue weighted by molar-refractivity contribution is 5.85. The number of benzene rings is 1. The number of aliphatic hydroxyl groups is 1. The summed E-state index contributed by atoms with van der Waals surface area (Å²) >= 11 is 0. The first-order valence-electron chi connectivity index (χ1n) is 9.84. The molecule has 0 saturated carbocycles. The van der Waals surface area contributed by atoms with E-state index in [0.29, 0.717) is 12.8 Å². The molecule has 1 aromatic heterocycles. The fraction of sp³-hybridized carbons (Fsp3) is 0.545. The van der Waals surface area contributed by atoms with Crippen LogP contribution in [-0.4, -0.2) is 38.8 Å². The lowest BCUT2D eigenvalue weighted by Crippen LogP contribution is -2.59. The predicted molar refractivity (Wildman–Crippen MR) is 104 cm³/mol. The minimum atomic E-state index is -0.970. The Kier molecular flexibility index (Phi) is 4.38. The third kappa shape index (κ3) is 3.41. The van der Waals surface area contributed by atoms with Gasteiger partial charge in [0.15, 0.2) is 0 Å². The zero-order chi connectivity index (χ0) is 19.2. The van der Waals surface area contributed by atoms with Crippen LogP contribution < -0.4 is 0 Å². The molecule has 3 heterocycles. The van der Waals surface area contributed by atoms with E-state index in [0.717, 1.165) is 35.6 Å². The molecule has 2 atom stereocenters. The number of rotatable bonds is 1. The summed E-state index contributed by atoms with van der Waals surface area (Å²) in [6.45, 7) is 5.67. The highest BCUT2D eigenvalue weighted by Gasteiger charge is 2.49. The van der Waals surface area contributed by atoms with Gasteiger partial charge in [-0.15, -0.1) is 0 Å². The molecule has 27 heavy (non-hydrogen) atoms. The number of pyridine rings is 1. The molecule has 1 amide bonds. The van der Waals surface area contributed by atoms with Gasteiger partial charge in [0.05, 0.1) is 5.60 Å². The van der Waals surface area contributed by atoms with E-state index in [-0.39, 0.29) is 18.2 Å². The maximum Gasteiger partial charge on any atom is 0.410 e. The molecule has 1 N–H and O–H groups in total. The second-order valence-corrected chi connectivity index (χ2v) is 8.97. The van der Waals surface area contributed by atoms with E-state index in [1.54, 1.807) is 6.20 Å². The molecule has 0 spiro atoms. The molecule has 5 nitrogen and oxygen atoms in total. The minimum absolute atomic E-state index is 0.00341. The third-order valence-corrected chi connectivity index (χ3v) is 5.78. The van der Waals surface area contributed by atoms with E-state index >= 15 is 0 Å². The van der Waals surface area contributed by atoms with Crippen molar-refractivity contribution in [2.24, 2.45) is 0 Å². The summed E-state index contributed by atoms with van der Waals surface area (Å²) in [5.41, 5.74) is -0.609. The summed E-state index contributed by atoms with van der Waals surface area (Å²) in [4.78, 5) is 19.1. The summed E-state index contributed by atoms with van der Waals surface area (Å²) in [6, 6.07) is 8.03. The van der Waals surface area contributed by atoms with Crippen LogP contribution in [0.2, 0.25) is 0 Å². The molecule has 2 aliphatic heterocycles. The quantitative estimate of drug-likeness (QED) is 0.812. The van der Waals surface area contributed by atoms with E-state index in [1.165, 1.54) is 0 Å². The van der Waals surface area contributed by atoms with Crippen molar-refractivity contribution in [2.75, 3.05) is 0 Å². The van der Waals surface area contributed by atoms with Crippen LogP contribution in [0.3, 0.4) is 0 Å². The first-order valence-corrected chi connectivity index (χ1v) is 9.84. The largest absolute Gasteiger partial charge is 0.444 e. The van der Waals surface area contributed by atoms with E-state index in [1.807, 2.05) is 56.1 Å². The summed E-state index contributed by atoms with van der Waals surface area (Å²) in [5.74, 6) is 0. The Morgan fingerprint density at radius 2 is 1.85 bits per heavy atom. The van der Waals surface area contributed by atoms with E-state index in [4.69, 9.17) is 4.74 Å². The SMILES string of the molecule is CC(C)(C)OC(=O)N1C2CCCC1CC(O)(c1cncc3ccccc13)C2. The lowest BCUT2D eigenvalue weighted by molar-refractivity contribution is -0.0959. The van der Waals surface area contributed by atoms with Gasteiger partial charge < -0.3 is 14.7 Å². The third-order valence-electron chi connectivity index (χ3n) is 5.78. The Hall–Kier alpha value is -2.14. The monoisotopic (exact) mass is 368 g/mol. The first-order chi connectivity index (χ1) is 12.8. The predicted octanol–water partition coefficient (Wildman–Crippen LogP) is 4.37. The molecule has 0 aliphatic carbocycles. The van der Waals surface area contributed by atoms with Gasteiger partial charge in [-0.05, 0) is 45.4 Å². The van der Waals surface area contributed by atoms with Crippen molar-refractivity contribution in [2.45, 2.75) is 76.2 Å². The summed E-state index contributed by atoms with van der Waals surface area (Å²) in [7, 11) is 0. The van der Waals surface area contributed by atoms with E-state index in [2.05, 4.69) is 4.98 Å². The number of carbonyl (C=O) groups excluding carboxylic acids is 1. The van der Waals surface area contributed by atoms with Crippen molar-refractivity contribution in [3.8, 4) is 0 Å². The number of hydrogen-bond donors (Lipinski definition) is 1. The van der Waals surface area contributed by atoms with Crippen molar-refractivity contribution in [3.05, 3.63) is 42.2 Å². The molecule has 2 aliphatic rings. The number of piperidine rings is 2. The molecule has 4 rings (SSSR count). The average Bonchev–Trinajstić information content (AvgIpc) is 2.59. The molecule has 5 heteroatoms. The van der Waals surface area contributed by atoms with Crippen molar-refractivity contribution in [1.82, 2.24) is 9.88 Å². The molecule has 2 unspecified atom stereocenters. The topological polar surface area (TPSA) is 62.7 Å². The van der Waals surface area contributed by atoms with Crippen molar-refractivity contribution < 1.29 is 14.6 Å². The van der Waals surface area contributed by atoms with Crippen LogP contribution in [-0.2, 0) is 10.3 Å². The van der Waals surface area contributed by atoms with Gasteiger partial charge in [-0.3, -0.25) is 4.98 Å². The van der Waals surface area contributed by atoms with Gasteiger partial charge >= 0.3 is 6.09 Å². The number of nitrogens with zero attached hydrogens (tertiary/aromatic N) is 2. The van der Waals surface area contributed by atoms with Gasteiger partial charge in [0, 0.05) is 48.3 Å². The van der Waals surface area contributed by atoms with Crippen molar-refractivity contribution >= 4 is 16.9 Å². The van der Waals surface area contributed by atoms with Crippen LogP contribution >= 0.6 is 0 Å². The summed E-state index contributed by atoms with van der Waals surface area (Å²) in [5, 5.41) is 13.7. The minimum Gasteiger partial charge on any atom is -0.444 e. The Labute approximate surface area is 160 Å². The molecule has 0 radical (unpaired) electrons. The number of hydrogen-bond acceptors (Lipinski definition) is 4. The average molecular weight is 368 g/mol. The van der Waals surface area contributed by atoms with Crippen LogP contribution in [0.25, 0.3) is 10.8 Å². The smallest absolute Gasteiger partial charge is 0.410 e. The van der Waals surface area contributed by atoms with Crippen molar-refractivity contribution in [3.63, 3.8) is 0 Å². The highest BCUT2D eigenvalue weighted by Crippen LogP contribution is 2.46. The highest BCUT2D eigenvalue weighted by atomic mass is 16.6. The fourth-order valence-corrected chi connectivity index (χ4v) is 4.75. The molecule has 2 aromatic rings. The van der Waals surface area contributed by atoms with Gasteiger partial charge in [0.2, 0.25) is 0 Å². The molecular formula is C22H28N2O3. The maximum atomic E-state index is 12.8. The second-order valence-electron chi connectivity index (χ2n) is 8.97. The normalized spacial score (nSPS) is 28.2. The lowest BCUT2D eigenvalue weighted by atomic mass is 9.72. The molecule has 2 saturated heterocycles. The van der Waals surface area contributed by atoms with Gasteiger partial charge in [-0.25, -0.2) is 4.79 Å². The van der Waals surface area contributed by atoms with Gasteiger partial charge in [-0.1, -0.05) is 24.3 Å². The second kappa shape index (κ2) is 6.48. The number of amides is 1. The zero-order valence-electron chi connectivity index (χ0n) is 16.3. The van der Waals surface area contributed by atoms with Crippen LogP contribution in [0.1, 0.15) is 58.4 Å². The van der Waals surface area contributed by atoms with Crippen LogP contribution in [0, 0.1) is 0 Å². The Morgan fingerprint density at radius 3 is 2.52 bits per heavy atom. The molecule has 2 fully saturated rings. The molecule has 144 valence electrons. The number of fused-ring (bicyclic) bond motifs is 3. The Balaban J connectivity index is 1.67. The van der Waals surface area contributed by atoms with Crippen LogP contribution in [0.4, 0.5) is 4.79 Å².